The lowest BCUT2D eigenvalue weighted by Crippen LogP contribution is -2.01. The lowest BCUT2D eigenvalue weighted by molar-refractivity contribution is 0.312. The second-order valence-electron chi connectivity index (χ2n) is 4.18. The number of nitrogens with one attached hydrogen (secondary N) is 1. The predicted octanol–water partition coefficient (Wildman–Crippen LogP) is 3.74. The third-order valence-corrected chi connectivity index (χ3v) is 2.87. The summed E-state index contributed by atoms with van der Waals surface area (Å²) in [6.45, 7) is 0.744. The van der Waals surface area contributed by atoms with Crippen LogP contribution in [0.1, 0.15) is 12.0 Å². The number of para-hydroxylation sites is 2. The van der Waals surface area contributed by atoms with Gasteiger partial charge in [-0.1, -0.05) is 42.5 Å². The summed E-state index contributed by atoms with van der Waals surface area (Å²) in [5.74, 6) is 0.924. The molecule has 0 aromatic heterocycles. The van der Waals surface area contributed by atoms with E-state index in [-0.39, 0.29) is 0 Å². The molecule has 0 saturated carbocycles. The SMILES string of the molecule is CNc1ccccc1OCCCc1ccccc1. The third kappa shape index (κ3) is 3.52. The molecule has 94 valence electrons. The molecule has 0 heterocycles. The van der Waals surface area contributed by atoms with E-state index >= 15 is 0 Å². The highest BCUT2D eigenvalue weighted by Gasteiger charge is 2.00. The average Bonchev–Trinajstić information content (AvgIpc) is 2.45. The van der Waals surface area contributed by atoms with Crippen LogP contribution in [0.5, 0.6) is 5.75 Å². The molecule has 0 spiro atoms. The highest BCUT2D eigenvalue weighted by Crippen LogP contribution is 2.23. The Morgan fingerprint density at radius 1 is 0.944 bits per heavy atom. The van der Waals surface area contributed by atoms with Gasteiger partial charge in [0.15, 0.2) is 0 Å². The molecule has 0 amide bonds. The molecule has 2 rings (SSSR count). The van der Waals surface area contributed by atoms with E-state index in [1.54, 1.807) is 0 Å². The highest BCUT2D eigenvalue weighted by molar-refractivity contribution is 5.55. The Morgan fingerprint density at radius 2 is 1.67 bits per heavy atom. The zero-order valence-electron chi connectivity index (χ0n) is 10.7. The van der Waals surface area contributed by atoms with Crippen LogP contribution in [0.4, 0.5) is 5.69 Å². The molecule has 0 aliphatic rings. The quantitative estimate of drug-likeness (QED) is 0.778. The summed E-state index contributed by atoms with van der Waals surface area (Å²) in [6, 6.07) is 18.5. The summed E-state index contributed by atoms with van der Waals surface area (Å²) in [4.78, 5) is 0. The van der Waals surface area contributed by atoms with E-state index in [2.05, 4.69) is 29.6 Å². The van der Waals surface area contributed by atoms with Crippen LogP contribution in [-0.2, 0) is 6.42 Å². The van der Waals surface area contributed by atoms with Gasteiger partial charge in [0.2, 0.25) is 0 Å². The lowest BCUT2D eigenvalue weighted by atomic mass is 10.1. The lowest BCUT2D eigenvalue weighted by Gasteiger charge is -2.10. The van der Waals surface area contributed by atoms with Crippen molar-refractivity contribution in [2.75, 3.05) is 19.0 Å². The average molecular weight is 241 g/mol. The molecule has 1 N–H and O–H groups in total. The van der Waals surface area contributed by atoms with Gasteiger partial charge in [0.1, 0.15) is 5.75 Å². The van der Waals surface area contributed by atoms with Gasteiger partial charge >= 0.3 is 0 Å². The second-order valence-corrected chi connectivity index (χ2v) is 4.18. The molecule has 0 atom stereocenters. The summed E-state index contributed by atoms with van der Waals surface area (Å²) in [5.41, 5.74) is 2.40. The molecular formula is C16H19NO. The maximum atomic E-state index is 5.79. The Kier molecular flexibility index (Phi) is 4.65. The first-order chi connectivity index (χ1) is 8.90. The maximum absolute atomic E-state index is 5.79. The van der Waals surface area contributed by atoms with Crippen molar-refractivity contribution in [1.82, 2.24) is 0 Å². The van der Waals surface area contributed by atoms with E-state index in [0.29, 0.717) is 0 Å². The van der Waals surface area contributed by atoms with Gasteiger partial charge in [-0.05, 0) is 30.5 Å². The molecule has 0 fully saturated rings. The van der Waals surface area contributed by atoms with Crippen molar-refractivity contribution in [1.29, 1.82) is 0 Å². The molecule has 2 heteroatoms. The Labute approximate surface area is 109 Å². The molecule has 0 saturated heterocycles. The van der Waals surface area contributed by atoms with Crippen molar-refractivity contribution in [3.8, 4) is 5.75 Å². The minimum atomic E-state index is 0.744. The molecule has 18 heavy (non-hydrogen) atoms. The first-order valence-electron chi connectivity index (χ1n) is 6.33. The number of hydrogen-bond acceptors (Lipinski definition) is 2. The number of benzene rings is 2. The van der Waals surface area contributed by atoms with Gasteiger partial charge in [-0.2, -0.15) is 0 Å². The minimum Gasteiger partial charge on any atom is -0.491 e. The summed E-state index contributed by atoms with van der Waals surface area (Å²) in [6.07, 6.45) is 2.09. The summed E-state index contributed by atoms with van der Waals surface area (Å²) >= 11 is 0. The second kappa shape index (κ2) is 6.70. The van der Waals surface area contributed by atoms with Crippen LogP contribution in [0, 0.1) is 0 Å². The molecule has 0 unspecified atom stereocenters. The monoisotopic (exact) mass is 241 g/mol. The van der Waals surface area contributed by atoms with Gasteiger partial charge in [0.25, 0.3) is 0 Å². The van der Waals surface area contributed by atoms with Gasteiger partial charge in [-0.3, -0.25) is 0 Å². The Hall–Kier alpha value is -1.96. The van der Waals surface area contributed by atoms with Crippen LogP contribution < -0.4 is 10.1 Å². The summed E-state index contributed by atoms with van der Waals surface area (Å²) in [5, 5.41) is 3.13. The van der Waals surface area contributed by atoms with Crippen LogP contribution >= 0.6 is 0 Å². The van der Waals surface area contributed by atoms with Crippen LogP contribution in [-0.4, -0.2) is 13.7 Å². The van der Waals surface area contributed by atoms with Crippen LogP contribution in [0.3, 0.4) is 0 Å². The molecule has 0 radical (unpaired) electrons. The van der Waals surface area contributed by atoms with E-state index in [0.717, 1.165) is 30.9 Å². The number of anilines is 1. The number of ether oxygens (including phenoxy) is 1. The Morgan fingerprint density at radius 3 is 2.44 bits per heavy atom. The normalized spacial score (nSPS) is 10.1. The smallest absolute Gasteiger partial charge is 0.142 e. The zero-order valence-corrected chi connectivity index (χ0v) is 10.7. The fourth-order valence-electron chi connectivity index (χ4n) is 1.90. The van der Waals surface area contributed by atoms with Gasteiger partial charge < -0.3 is 10.1 Å². The van der Waals surface area contributed by atoms with Gasteiger partial charge in [0.05, 0.1) is 12.3 Å². The number of hydrogen-bond donors (Lipinski definition) is 1. The van der Waals surface area contributed by atoms with E-state index < -0.39 is 0 Å². The van der Waals surface area contributed by atoms with Crippen molar-refractivity contribution >= 4 is 5.69 Å². The van der Waals surface area contributed by atoms with Crippen molar-refractivity contribution in [3.05, 3.63) is 60.2 Å². The standard InChI is InChI=1S/C16H19NO/c1-17-15-11-5-6-12-16(15)18-13-7-10-14-8-3-2-4-9-14/h2-6,8-9,11-12,17H,7,10,13H2,1H3. The third-order valence-electron chi connectivity index (χ3n) is 2.87. The molecule has 0 aliphatic carbocycles. The summed E-state index contributed by atoms with van der Waals surface area (Å²) in [7, 11) is 1.91. The van der Waals surface area contributed by atoms with Gasteiger partial charge in [-0.15, -0.1) is 0 Å². The van der Waals surface area contributed by atoms with E-state index in [1.807, 2.05) is 37.4 Å². The van der Waals surface area contributed by atoms with Crippen molar-refractivity contribution in [3.63, 3.8) is 0 Å². The van der Waals surface area contributed by atoms with Crippen molar-refractivity contribution in [2.24, 2.45) is 0 Å². The van der Waals surface area contributed by atoms with Crippen LogP contribution in [0.15, 0.2) is 54.6 Å². The molecule has 0 bridgehead atoms. The van der Waals surface area contributed by atoms with E-state index in [1.165, 1.54) is 5.56 Å². The van der Waals surface area contributed by atoms with Gasteiger partial charge in [-0.25, -0.2) is 0 Å². The fraction of sp³-hybridized carbons (Fsp3) is 0.250. The Balaban J connectivity index is 1.78. The first kappa shape index (κ1) is 12.5. The first-order valence-corrected chi connectivity index (χ1v) is 6.33. The van der Waals surface area contributed by atoms with Crippen LogP contribution in [0.25, 0.3) is 0 Å². The Bertz CT molecular complexity index is 468. The van der Waals surface area contributed by atoms with E-state index in [9.17, 15) is 0 Å². The largest absolute Gasteiger partial charge is 0.491 e. The van der Waals surface area contributed by atoms with E-state index in [4.69, 9.17) is 4.74 Å². The topological polar surface area (TPSA) is 21.3 Å². The highest BCUT2D eigenvalue weighted by atomic mass is 16.5. The van der Waals surface area contributed by atoms with Crippen molar-refractivity contribution in [2.45, 2.75) is 12.8 Å². The van der Waals surface area contributed by atoms with Crippen LogP contribution in [0.2, 0.25) is 0 Å². The molecule has 2 aromatic carbocycles. The number of rotatable bonds is 6. The number of aryl methyl sites for hydroxylation is 1. The maximum Gasteiger partial charge on any atom is 0.142 e. The molecule has 0 aliphatic heterocycles. The van der Waals surface area contributed by atoms with Crippen molar-refractivity contribution < 1.29 is 4.74 Å². The summed E-state index contributed by atoms with van der Waals surface area (Å²) < 4.78 is 5.79. The molecule has 2 aromatic rings. The predicted molar refractivity (Wildman–Crippen MR) is 76.2 cm³/mol. The zero-order chi connectivity index (χ0) is 12.6. The minimum absolute atomic E-state index is 0.744. The van der Waals surface area contributed by atoms with Gasteiger partial charge in [0, 0.05) is 7.05 Å². The fourth-order valence-corrected chi connectivity index (χ4v) is 1.90. The molecular weight excluding hydrogens is 222 g/mol. The molecule has 2 nitrogen and oxygen atoms in total.